The molecule has 0 saturated carbocycles. The van der Waals surface area contributed by atoms with E-state index >= 15 is 0 Å². The van der Waals surface area contributed by atoms with Crippen LogP contribution in [0.15, 0.2) is 36.4 Å². The minimum atomic E-state index is -0.788. The van der Waals surface area contributed by atoms with Crippen LogP contribution in [0.3, 0.4) is 0 Å². The summed E-state index contributed by atoms with van der Waals surface area (Å²) in [6, 6.07) is 11.3. The molecule has 0 spiro atoms. The van der Waals surface area contributed by atoms with E-state index in [1.165, 1.54) is 4.68 Å². The predicted octanol–water partition coefficient (Wildman–Crippen LogP) is 1.47. The van der Waals surface area contributed by atoms with Crippen LogP contribution in [0.1, 0.15) is 44.7 Å². The van der Waals surface area contributed by atoms with Gasteiger partial charge in [0.1, 0.15) is 5.82 Å². The fourth-order valence-corrected chi connectivity index (χ4v) is 3.40. The van der Waals surface area contributed by atoms with Crippen LogP contribution in [0.25, 0.3) is 0 Å². The van der Waals surface area contributed by atoms with Gasteiger partial charge in [-0.3, -0.25) is 19.7 Å². The Morgan fingerprint density at radius 3 is 2.58 bits per heavy atom. The summed E-state index contributed by atoms with van der Waals surface area (Å²) in [6.45, 7) is 8.28. The number of amides is 3. The number of anilines is 1. The van der Waals surface area contributed by atoms with Crippen LogP contribution in [0.2, 0.25) is 0 Å². The summed E-state index contributed by atoms with van der Waals surface area (Å²) >= 11 is 0. The Hall–Kier alpha value is -3.20. The average Bonchev–Trinajstić information content (AvgIpc) is 3.07. The van der Waals surface area contributed by atoms with Gasteiger partial charge in [0.2, 0.25) is 5.91 Å². The summed E-state index contributed by atoms with van der Waals surface area (Å²) in [5.74, 6) is -1.29. The summed E-state index contributed by atoms with van der Waals surface area (Å²) in [6.07, 6.45) is 0.352. The molecule has 1 saturated heterocycles. The van der Waals surface area contributed by atoms with Gasteiger partial charge in [-0.2, -0.15) is 5.10 Å². The SMILES string of the molecule is Cc1cc(NC(=O)C(=O)NCCc2ccccc2)n(C2NC(=O)CC(C(C)(C)C)N2)n1. The van der Waals surface area contributed by atoms with Crippen molar-refractivity contribution in [2.75, 3.05) is 11.9 Å². The van der Waals surface area contributed by atoms with Crippen molar-refractivity contribution in [1.82, 2.24) is 25.7 Å². The maximum absolute atomic E-state index is 12.4. The van der Waals surface area contributed by atoms with Gasteiger partial charge >= 0.3 is 11.8 Å². The first-order valence-electron chi connectivity index (χ1n) is 10.4. The molecule has 1 aliphatic heterocycles. The summed E-state index contributed by atoms with van der Waals surface area (Å²) in [5, 5.41) is 15.8. The Kier molecular flexibility index (Phi) is 6.74. The monoisotopic (exact) mass is 426 g/mol. The third kappa shape index (κ3) is 5.91. The fraction of sp³-hybridized carbons (Fsp3) is 0.455. The third-order valence-electron chi connectivity index (χ3n) is 5.18. The lowest BCUT2D eigenvalue weighted by Crippen LogP contribution is -2.57. The molecule has 31 heavy (non-hydrogen) atoms. The normalized spacial score (nSPS) is 18.9. The van der Waals surface area contributed by atoms with E-state index in [4.69, 9.17) is 0 Å². The van der Waals surface area contributed by atoms with E-state index in [9.17, 15) is 14.4 Å². The highest BCUT2D eigenvalue weighted by Gasteiger charge is 2.35. The van der Waals surface area contributed by atoms with Crippen molar-refractivity contribution in [2.45, 2.75) is 52.9 Å². The number of aromatic nitrogens is 2. The summed E-state index contributed by atoms with van der Waals surface area (Å²) in [5.41, 5.74) is 1.58. The van der Waals surface area contributed by atoms with E-state index in [1.807, 2.05) is 30.3 Å². The maximum Gasteiger partial charge on any atom is 0.314 e. The van der Waals surface area contributed by atoms with Crippen molar-refractivity contribution in [3.63, 3.8) is 0 Å². The van der Waals surface area contributed by atoms with Gasteiger partial charge in [0.25, 0.3) is 0 Å². The van der Waals surface area contributed by atoms with Crippen LogP contribution < -0.4 is 21.3 Å². The standard InChI is InChI=1S/C22H30N6O3/c1-14-12-17(25-20(31)19(30)23-11-10-15-8-6-5-7-9-15)28(27-14)21-24-16(22(2,3)4)13-18(29)26-21/h5-9,12,16,21,24H,10-11,13H2,1-4H3,(H,23,30)(H,25,31)(H,26,29). The van der Waals surface area contributed by atoms with Crippen LogP contribution in [-0.2, 0) is 20.8 Å². The fourth-order valence-electron chi connectivity index (χ4n) is 3.40. The molecular formula is C22H30N6O3. The van der Waals surface area contributed by atoms with E-state index in [0.717, 1.165) is 5.56 Å². The topological polar surface area (TPSA) is 117 Å². The van der Waals surface area contributed by atoms with E-state index in [0.29, 0.717) is 30.9 Å². The van der Waals surface area contributed by atoms with Crippen LogP contribution in [0, 0.1) is 12.3 Å². The summed E-state index contributed by atoms with van der Waals surface area (Å²) in [7, 11) is 0. The van der Waals surface area contributed by atoms with E-state index in [1.54, 1.807) is 13.0 Å². The zero-order chi connectivity index (χ0) is 22.6. The molecule has 1 aromatic carbocycles. The molecule has 3 amide bonds. The molecule has 9 nitrogen and oxygen atoms in total. The molecule has 2 unspecified atom stereocenters. The van der Waals surface area contributed by atoms with Crippen molar-refractivity contribution in [3.8, 4) is 0 Å². The molecule has 1 aromatic heterocycles. The number of hydrogen-bond acceptors (Lipinski definition) is 5. The minimum Gasteiger partial charge on any atom is -0.347 e. The van der Waals surface area contributed by atoms with Crippen molar-refractivity contribution in [1.29, 1.82) is 0 Å². The van der Waals surface area contributed by atoms with E-state index < -0.39 is 18.1 Å². The second-order valence-corrected chi connectivity index (χ2v) is 8.82. The van der Waals surface area contributed by atoms with Gasteiger partial charge in [-0.1, -0.05) is 51.1 Å². The predicted molar refractivity (Wildman–Crippen MR) is 117 cm³/mol. The summed E-state index contributed by atoms with van der Waals surface area (Å²) in [4.78, 5) is 36.9. The van der Waals surface area contributed by atoms with Crippen molar-refractivity contribution in [2.24, 2.45) is 5.41 Å². The lowest BCUT2D eigenvalue weighted by Gasteiger charge is -2.39. The minimum absolute atomic E-state index is 0.0689. The molecule has 2 atom stereocenters. The first-order chi connectivity index (χ1) is 14.6. The molecular weight excluding hydrogens is 396 g/mol. The number of nitrogens with one attached hydrogen (secondary N) is 4. The van der Waals surface area contributed by atoms with Crippen molar-refractivity contribution >= 4 is 23.5 Å². The highest BCUT2D eigenvalue weighted by Crippen LogP contribution is 2.27. The molecule has 0 bridgehead atoms. The highest BCUT2D eigenvalue weighted by molar-refractivity contribution is 6.39. The number of hydrogen-bond donors (Lipinski definition) is 4. The third-order valence-corrected chi connectivity index (χ3v) is 5.18. The molecule has 0 aliphatic carbocycles. The molecule has 9 heteroatoms. The van der Waals surface area contributed by atoms with E-state index in [2.05, 4.69) is 47.1 Å². The van der Waals surface area contributed by atoms with Gasteiger partial charge in [0.05, 0.1) is 5.69 Å². The number of rotatable bonds is 5. The van der Waals surface area contributed by atoms with Crippen LogP contribution in [-0.4, -0.2) is 40.1 Å². The average molecular weight is 427 g/mol. The summed E-state index contributed by atoms with van der Waals surface area (Å²) < 4.78 is 1.49. The van der Waals surface area contributed by atoms with Gasteiger partial charge in [0.15, 0.2) is 6.29 Å². The first kappa shape index (κ1) is 22.5. The second kappa shape index (κ2) is 9.30. The molecule has 1 aliphatic rings. The first-order valence-corrected chi connectivity index (χ1v) is 10.4. The van der Waals surface area contributed by atoms with Crippen LogP contribution >= 0.6 is 0 Å². The Bertz CT molecular complexity index is 948. The van der Waals surface area contributed by atoms with Crippen LogP contribution in [0.4, 0.5) is 5.82 Å². The Balaban J connectivity index is 1.63. The molecule has 0 radical (unpaired) electrons. The molecule has 3 rings (SSSR count). The van der Waals surface area contributed by atoms with Gasteiger partial charge in [-0.15, -0.1) is 0 Å². The molecule has 2 heterocycles. The number of aryl methyl sites for hydroxylation is 1. The zero-order valence-corrected chi connectivity index (χ0v) is 18.4. The van der Waals surface area contributed by atoms with Gasteiger partial charge < -0.3 is 16.0 Å². The van der Waals surface area contributed by atoms with Gasteiger partial charge in [0, 0.05) is 25.1 Å². The molecule has 166 valence electrons. The Labute approximate surface area is 182 Å². The van der Waals surface area contributed by atoms with Crippen molar-refractivity contribution < 1.29 is 14.4 Å². The second-order valence-electron chi connectivity index (χ2n) is 8.82. The maximum atomic E-state index is 12.4. The zero-order valence-electron chi connectivity index (χ0n) is 18.4. The number of carbonyl (C=O) groups is 3. The largest absolute Gasteiger partial charge is 0.347 e. The quantitative estimate of drug-likeness (QED) is 0.540. The van der Waals surface area contributed by atoms with E-state index in [-0.39, 0.29) is 17.4 Å². The van der Waals surface area contributed by atoms with Gasteiger partial charge in [-0.25, -0.2) is 4.68 Å². The number of carbonyl (C=O) groups excluding carboxylic acids is 3. The van der Waals surface area contributed by atoms with Gasteiger partial charge in [-0.05, 0) is 24.3 Å². The molecule has 4 N–H and O–H groups in total. The Morgan fingerprint density at radius 1 is 1.19 bits per heavy atom. The smallest absolute Gasteiger partial charge is 0.314 e. The number of benzene rings is 1. The lowest BCUT2D eigenvalue weighted by molar-refractivity contribution is -0.136. The lowest BCUT2D eigenvalue weighted by atomic mass is 9.84. The highest BCUT2D eigenvalue weighted by atomic mass is 16.2. The Morgan fingerprint density at radius 2 is 1.90 bits per heavy atom. The number of nitrogens with zero attached hydrogens (tertiary/aromatic N) is 2. The van der Waals surface area contributed by atoms with Crippen molar-refractivity contribution in [3.05, 3.63) is 47.7 Å². The molecule has 2 aromatic rings. The molecule has 1 fully saturated rings. The van der Waals surface area contributed by atoms with Crippen LogP contribution in [0.5, 0.6) is 0 Å².